The number of hydrogen-bond acceptors (Lipinski definition) is 6. The summed E-state index contributed by atoms with van der Waals surface area (Å²) in [5.41, 5.74) is 1.32. The highest BCUT2D eigenvalue weighted by Crippen LogP contribution is 2.45. The van der Waals surface area contributed by atoms with Crippen LogP contribution in [0.3, 0.4) is 0 Å². The van der Waals surface area contributed by atoms with Crippen molar-refractivity contribution in [1.29, 1.82) is 0 Å². The summed E-state index contributed by atoms with van der Waals surface area (Å²) in [4.78, 5) is 31.1. The average Bonchev–Trinajstić information content (AvgIpc) is 3.38. The molecule has 1 saturated heterocycles. The molecule has 0 radical (unpaired) electrons. The minimum atomic E-state index is -0.653. The van der Waals surface area contributed by atoms with Crippen LogP contribution in [0.1, 0.15) is 42.2 Å². The van der Waals surface area contributed by atoms with Crippen molar-refractivity contribution in [3.8, 4) is 28.4 Å². The number of aromatic hydroxyl groups is 1. The number of H-pyrrole nitrogens is 1. The van der Waals surface area contributed by atoms with Crippen molar-refractivity contribution < 1.29 is 24.1 Å². The predicted octanol–water partition coefficient (Wildman–Crippen LogP) is 4.04. The highest BCUT2D eigenvalue weighted by molar-refractivity contribution is 6.00. The number of ether oxygens (including phenoxy) is 3. The maximum absolute atomic E-state index is 13.5. The first-order chi connectivity index (χ1) is 17.0. The van der Waals surface area contributed by atoms with Crippen molar-refractivity contribution in [1.82, 2.24) is 9.88 Å². The van der Waals surface area contributed by atoms with E-state index in [1.165, 1.54) is 19.8 Å². The van der Waals surface area contributed by atoms with Crippen LogP contribution in [0.2, 0.25) is 0 Å². The number of nitrogens with zero attached hydrogens (tertiary/aromatic N) is 1. The van der Waals surface area contributed by atoms with Gasteiger partial charge in [-0.25, -0.2) is 0 Å². The fourth-order valence-corrected chi connectivity index (χ4v) is 4.83. The fourth-order valence-electron chi connectivity index (χ4n) is 4.83. The van der Waals surface area contributed by atoms with Crippen LogP contribution in [0.25, 0.3) is 11.1 Å². The van der Waals surface area contributed by atoms with Crippen molar-refractivity contribution in [2.24, 2.45) is 5.92 Å². The van der Waals surface area contributed by atoms with Crippen LogP contribution in [0.5, 0.6) is 17.2 Å². The third kappa shape index (κ3) is 4.84. The van der Waals surface area contributed by atoms with Gasteiger partial charge in [0.1, 0.15) is 22.8 Å². The number of likely N-dealkylation sites (tertiary alicyclic amines) is 1. The molecule has 2 N–H and O–H groups in total. The van der Waals surface area contributed by atoms with Crippen molar-refractivity contribution in [2.75, 3.05) is 33.9 Å². The number of carbonyl (C=O) groups excluding carboxylic acids is 1. The molecule has 1 aliphatic heterocycles. The van der Waals surface area contributed by atoms with Gasteiger partial charge in [0.25, 0.3) is 11.5 Å². The second-order valence-corrected chi connectivity index (χ2v) is 8.63. The molecule has 0 saturated carbocycles. The fraction of sp³-hybridized carbons (Fsp3) is 0.407. The summed E-state index contributed by atoms with van der Waals surface area (Å²) >= 11 is 0. The van der Waals surface area contributed by atoms with E-state index in [1.807, 2.05) is 6.92 Å². The van der Waals surface area contributed by atoms with Gasteiger partial charge in [0.15, 0.2) is 0 Å². The van der Waals surface area contributed by atoms with Gasteiger partial charge in [0.05, 0.1) is 37.6 Å². The molecule has 8 nitrogen and oxygen atoms in total. The van der Waals surface area contributed by atoms with Gasteiger partial charge < -0.3 is 29.2 Å². The predicted molar refractivity (Wildman–Crippen MR) is 133 cm³/mol. The standard InChI is InChI=1S/C27H32N2O6/c1-4-35-16-19-22(23-20(33-2)11-8-12-21(23)34-3)25(30)24(26(31)28-19)27(32)29-14-13-18(15-29)17-9-6-5-7-10-17/h6,8-12,18H,4-5,7,13-16H2,1-3H3,(H2,28,30,31). The largest absolute Gasteiger partial charge is 0.506 e. The van der Waals surface area contributed by atoms with E-state index in [9.17, 15) is 14.7 Å². The molecule has 2 heterocycles. The van der Waals surface area contributed by atoms with Crippen LogP contribution in [0.4, 0.5) is 0 Å². The zero-order chi connectivity index (χ0) is 24.9. The second-order valence-electron chi connectivity index (χ2n) is 8.63. The number of methoxy groups -OCH3 is 2. The van der Waals surface area contributed by atoms with Crippen LogP contribution in [0.15, 0.2) is 46.8 Å². The smallest absolute Gasteiger partial charge is 0.264 e. The lowest BCUT2D eigenvalue weighted by Gasteiger charge is -2.21. The summed E-state index contributed by atoms with van der Waals surface area (Å²) in [6.07, 6.45) is 9.35. The summed E-state index contributed by atoms with van der Waals surface area (Å²) in [5.74, 6) is 0.184. The average molecular weight is 481 g/mol. The number of benzene rings is 1. The van der Waals surface area contributed by atoms with E-state index < -0.39 is 17.2 Å². The summed E-state index contributed by atoms with van der Waals surface area (Å²) in [6.45, 7) is 3.30. The number of rotatable bonds is 8. The van der Waals surface area contributed by atoms with Crippen LogP contribution in [-0.2, 0) is 11.3 Å². The SMILES string of the molecule is CCOCc1[nH]c(=O)c(C(=O)N2CCC(C3=CCCC=C3)C2)c(O)c1-c1c(OC)cccc1OC. The monoisotopic (exact) mass is 480 g/mol. The Kier molecular flexibility index (Phi) is 7.60. The van der Waals surface area contributed by atoms with Gasteiger partial charge in [-0.15, -0.1) is 0 Å². The molecule has 0 bridgehead atoms. The van der Waals surface area contributed by atoms with E-state index >= 15 is 0 Å². The molecule has 4 rings (SSSR count). The van der Waals surface area contributed by atoms with E-state index in [4.69, 9.17) is 14.2 Å². The number of allylic oxidation sites excluding steroid dienone is 3. The quantitative estimate of drug-likeness (QED) is 0.591. The van der Waals surface area contributed by atoms with Crippen molar-refractivity contribution in [2.45, 2.75) is 32.8 Å². The lowest BCUT2D eigenvalue weighted by Crippen LogP contribution is -2.34. The summed E-state index contributed by atoms with van der Waals surface area (Å²) in [5, 5.41) is 11.4. The number of hydrogen-bond donors (Lipinski definition) is 2. The van der Waals surface area contributed by atoms with Gasteiger partial charge in [0, 0.05) is 25.6 Å². The van der Waals surface area contributed by atoms with Gasteiger partial charge in [-0.05, 0) is 43.9 Å². The number of aromatic amines is 1. The molecule has 1 aromatic heterocycles. The van der Waals surface area contributed by atoms with E-state index in [1.54, 1.807) is 23.1 Å². The first-order valence-corrected chi connectivity index (χ1v) is 11.9. The number of pyridine rings is 1. The van der Waals surface area contributed by atoms with Gasteiger partial charge in [-0.2, -0.15) is 0 Å². The third-order valence-electron chi connectivity index (χ3n) is 6.58. The Morgan fingerprint density at radius 3 is 2.54 bits per heavy atom. The molecule has 8 heteroatoms. The highest BCUT2D eigenvalue weighted by atomic mass is 16.5. The Morgan fingerprint density at radius 1 is 1.17 bits per heavy atom. The minimum Gasteiger partial charge on any atom is -0.506 e. The molecule has 1 aliphatic carbocycles. The third-order valence-corrected chi connectivity index (χ3v) is 6.58. The minimum absolute atomic E-state index is 0.0383. The first kappa shape index (κ1) is 24.6. The highest BCUT2D eigenvalue weighted by Gasteiger charge is 2.34. The van der Waals surface area contributed by atoms with Gasteiger partial charge in [-0.3, -0.25) is 9.59 Å². The van der Waals surface area contributed by atoms with Gasteiger partial charge in [-0.1, -0.05) is 24.3 Å². The summed E-state index contributed by atoms with van der Waals surface area (Å²) in [6, 6.07) is 5.21. The zero-order valence-electron chi connectivity index (χ0n) is 20.4. The molecule has 35 heavy (non-hydrogen) atoms. The molecular weight excluding hydrogens is 448 g/mol. The Labute approximate surface area is 204 Å². The van der Waals surface area contributed by atoms with Crippen LogP contribution in [-0.4, -0.2) is 54.8 Å². The normalized spacial score (nSPS) is 17.4. The zero-order valence-corrected chi connectivity index (χ0v) is 20.4. The van der Waals surface area contributed by atoms with Crippen molar-refractivity contribution >= 4 is 5.91 Å². The molecule has 1 fully saturated rings. The van der Waals surface area contributed by atoms with E-state index in [2.05, 4.69) is 23.2 Å². The Hall–Kier alpha value is -3.52. The lowest BCUT2D eigenvalue weighted by atomic mass is 9.93. The van der Waals surface area contributed by atoms with Gasteiger partial charge in [0.2, 0.25) is 0 Å². The van der Waals surface area contributed by atoms with E-state index in [0.717, 1.165) is 19.3 Å². The van der Waals surface area contributed by atoms with Crippen LogP contribution < -0.4 is 15.0 Å². The van der Waals surface area contributed by atoms with Crippen molar-refractivity contribution in [3.63, 3.8) is 0 Å². The van der Waals surface area contributed by atoms with Crippen molar-refractivity contribution in [3.05, 3.63) is 63.6 Å². The molecule has 2 aliphatic rings. The van der Waals surface area contributed by atoms with Gasteiger partial charge >= 0.3 is 0 Å². The Morgan fingerprint density at radius 2 is 1.91 bits per heavy atom. The molecule has 1 unspecified atom stereocenters. The Balaban J connectivity index is 1.79. The number of aromatic nitrogens is 1. The van der Waals surface area contributed by atoms with E-state index in [-0.39, 0.29) is 23.7 Å². The summed E-state index contributed by atoms with van der Waals surface area (Å²) in [7, 11) is 3.02. The topological polar surface area (TPSA) is 101 Å². The molecular formula is C27H32N2O6. The number of carbonyl (C=O) groups is 1. The molecule has 1 amide bonds. The summed E-state index contributed by atoms with van der Waals surface area (Å²) < 4.78 is 16.6. The maximum Gasteiger partial charge on any atom is 0.264 e. The van der Waals surface area contributed by atoms with Crippen LogP contribution >= 0.6 is 0 Å². The molecule has 1 aromatic carbocycles. The number of amides is 1. The van der Waals surface area contributed by atoms with E-state index in [0.29, 0.717) is 42.5 Å². The number of nitrogens with one attached hydrogen (secondary N) is 1. The first-order valence-electron chi connectivity index (χ1n) is 11.9. The second kappa shape index (κ2) is 10.8. The Bertz CT molecular complexity index is 1190. The molecule has 0 spiro atoms. The van der Waals surface area contributed by atoms with Crippen LogP contribution in [0, 0.1) is 5.92 Å². The maximum atomic E-state index is 13.5. The lowest BCUT2D eigenvalue weighted by molar-refractivity contribution is 0.0783. The molecule has 1 atom stereocenters. The molecule has 186 valence electrons. The molecule has 2 aromatic rings.